The molecule has 0 bridgehead atoms. The van der Waals surface area contributed by atoms with Crippen LogP contribution in [0.5, 0.6) is 0 Å². The Morgan fingerprint density at radius 1 is 1.16 bits per heavy atom. The summed E-state index contributed by atoms with van der Waals surface area (Å²) >= 11 is 0. The minimum absolute atomic E-state index is 0.145. The molecule has 0 saturated heterocycles. The van der Waals surface area contributed by atoms with Crippen LogP contribution in [0.2, 0.25) is 0 Å². The predicted octanol–water partition coefficient (Wildman–Crippen LogP) is 4.18. The highest BCUT2D eigenvalue weighted by atomic mass is 16.3. The van der Waals surface area contributed by atoms with Gasteiger partial charge >= 0.3 is 0 Å². The number of furan rings is 1. The summed E-state index contributed by atoms with van der Waals surface area (Å²) in [6.45, 7) is 7.54. The highest BCUT2D eigenvalue weighted by Crippen LogP contribution is 2.24. The van der Waals surface area contributed by atoms with Gasteiger partial charge < -0.3 is 9.73 Å². The fraction of sp³-hybridized carbons (Fsp3) is 0.412. The SMILES string of the molecule is CCNC(c1cccc(CC(C)C)c1)c1ccco1. The maximum atomic E-state index is 5.56. The summed E-state index contributed by atoms with van der Waals surface area (Å²) in [6.07, 6.45) is 2.85. The minimum atomic E-state index is 0.145. The van der Waals surface area contributed by atoms with Crippen molar-refractivity contribution in [2.24, 2.45) is 5.92 Å². The van der Waals surface area contributed by atoms with E-state index in [4.69, 9.17) is 4.42 Å². The predicted molar refractivity (Wildman–Crippen MR) is 79.2 cm³/mol. The molecule has 1 aromatic carbocycles. The standard InChI is InChI=1S/C17H23NO/c1-4-18-17(16-9-6-10-19-16)15-8-5-7-14(12-15)11-13(2)3/h5-10,12-13,17-18H,4,11H2,1-3H3. The molecular formula is C17H23NO. The maximum absolute atomic E-state index is 5.56. The van der Waals surface area contributed by atoms with Gasteiger partial charge in [0.25, 0.3) is 0 Å². The van der Waals surface area contributed by atoms with Crippen molar-refractivity contribution in [3.8, 4) is 0 Å². The van der Waals surface area contributed by atoms with E-state index in [-0.39, 0.29) is 6.04 Å². The van der Waals surface area contributed by atoms with Crippen LogP contribution in [-0.2, 0) is 6.42 Å². The summed E-state index contributed by atoms with van der Waals surface area (Å²) in [6, 6.07) is 12.9. The maximum Gasteiger partial charge on any atom is 0.125 e. The van der Waals surface area contributed by atoms with Gasteiger partial charge in [0.05, 0.1) is 12.3 Å². The van der Waals surface area contributed by atoms with E-state index >= 15 is 0 Å². The van der Waals surface area contributed by atoms with Crippen LogP contribution in [0.25, 0.3) is 0 Å². The lowest BCUT2D eigenvalue weighted by molar-refractivity contribution is 0.452. The van der Waals surface area contributed by atoms with Gasteiger partial charge in [-0.25, -0.2) is 0 Å². The van der Waals surface area contributed by atoms with Crippen LogP contribution in [0.1, 0.15) is 43.7 Å². The molecule has 2 nitrogen and oxygen atoms in total. The van der Waals surface area contributed by atoms with Crippen molar-refractivity contribution >= 4 is 0 Å². The van der Waals surface area contributed by atoms with E-state index in [1.54, 1.807) is 6.26 Å². The molecule has 2 rings (SSSR count). The van der Waals surface area contributed by atoms with E-state index in [1.807, 2.05) is 12.1 Å². The summed E-state index contributed by atoms with van der Waals surface area (Å²) < 4.78 is 5.56. The van der Waals surface area contributed by atoms with Crippen LogP contribution in [-0.4, -0.2) is 6.54 Å². The second-order valence-corrected chi connectivity index (χ2v) is 5.35. The summed E-state index contributed by atoms with van der Waals surface area (Å²) in [7, 11) is 0. The average Bonchev–Trinajstić information content (AvgIpc) is 2.89. The molecule has 0 aliphatic carbocycles. The zero-order valence-electron chi connectivity index (χ0n) is 12.0. The monoisotopic (exact) mass is 257 g/mol. The highest BCUT2D eigenvalue weighted by Gasteiger charge is 2.15. The van der Waals surface area contributed by atoms with Gasteiger partial charge in [0.1, 0.15) is 5.76 Å². The van der Waals surface area contributed by atoms with E-state index in [2.05, 4.69) is 50.4 Å². The summed E-state index contributed by atoms with van der Waals surface area (Å²) in [4.78, 5) is 0. The van der Waals surface area contributed by atoms with E-state index < -0.39 is 0 Å². The third-order valence-corrected chi connectivity index (χ3v) is 3.16. The Bertz CT molecular complexity index is 488. The summed E-state index contributed by atoms with van der Waals surface area (Å²) in [5.74, 6) is 1.65. The molecular weight excluding hydrogens is 234 g/mol. The molecule has 0 aliphatic rings. The Morgan fingerprint density at radius 2 is 2.00 bits per heavy atom. The zero-order chi connectivity index (χ0) is 13.7. The Labute approximate surface area is 115 Å². The Hall–Kier alpha value is -1.54. The molecule has 0 amide bonds. The van der Waals surface area contributed by atoms with Gasteiger partial charge in [-0.2, -0.15) is 0 Å². The molecule has 102 valence electrons. The highest BCUT2D eigenvalue weighted by molar-refractivity contribution is 5.31. The molecule has 1 unspecified atom stereocenters. The van der Waals surface area contributed by atoms with Gasteiger partial charge in [-0.1, -0.05) is 45.0 Å². The van der Waals surface area contributed by atoms with Crippen molar-refractivity contribution in [2.45, 2.75) is 33.2 Å². The number of nitrogens with one attached hydrogen (secondary N) is 1. The molecule has 1 atom stereocenters. The smallest absolute Gasteiger partial charge is 0.125 e. The minimum Gasteiger partial charge on any atom is -0.467 e. The first kappa shape index (κ1) is 13.9. The van der Waals surface area contributed by atoms with Crippen molar-refractivity contribution in [1.29, 1.82) is 0 Å². The van der Waals surface area contributed by atoms with Crippen LogP contribution in [0.3, 0.4) is 0 Å². The van der Waals surface area contributed by atoms with Crippen LogP contribution >= 0.6 is 0 Å². The Morgan fingerprint density at radius 3 is 2.63 bits per heavy atom. The largest absolute Gasteiger partial charge is 0.467 e. The van der Waals surface area contributed by atoms with Gasteiger partial charge in [-0.3, -0.25) is 0 Å². The van der Waals surface area contributed by atoms with Crippen LogP contribution in [0.4, 0.5) is 0 Å². The second kappa shape index (κ2) is 6.58. The first-order chi connectivity index (χ1) is 9.20. The molecule has 1 heterocycles. The lowest BCUT2D eigenvalue weighted by Gasteiger charge is -2.17. The first-order valence-corrected chi connectivity index (χ1v) is 7.06. The second-order valence-electron chi connectivity index (χ2n) is 5.35. The average molecular weight is 257 g/mol. The van der Waals surface area contributed by atoms with E-state index in [0.717, 1.165) is 18.7 Å². The van der Waals surface area contributed by atoms with Crippen LogP contribution in [0.15, 0.2) is 47.1 Å². The number of rotatable bonds is 6. The molecule has 0 aliphatic heterocycles. The molecule has 0 saturated carbocycles. The van der Waals surface area contributed by atoms with Crippen LogP contribution in [0, 0.1) is 5.92 Å². The number of benzene rings is 1. The molecule has 0 fully saturated rings. The zero-order valence-corrected chi connectivity index (χ0v) is 12.0. The molecule has 0 spiro atoms. The number of hydrogen-bond acceptors (Lipinski definition) is 2. The normalized spacial score (nSPS) is 12.8. The third kappa shape index (κ3) is 3.71. The van der Waals surface area contributed by atoms with Crippen LogP contribution < -0.4 is 5.32 Å². The molecule has 19 heavy (non-hydrogen) atoms. The quantitative estimate of drug-likeness (QED) is 0.840. The van der Waals surface area contributed by atoms with Gasteiger partial charge in [0.15, 0.2) is 0 Å². The van der Waals surface area contributed by atoms with Gasteiger partial charge in [0, 0.05) is 0 Å². The topological polar surface area (TPSA) is 25.2 Å². The van der Waals surface area contributed by atoms with Crippen molar-refractivity contribution in [2.75, 3.05) is 6.54 Å². The molecule has 2 aromatic rings. The van der Waals surface area contributed by atoms with Crippen molar-refractivity contribution < 1.29 is 4.42 Å². The van der Waals surface area contributed by atoms with Crippen molar-refractivity contribution in [3.05, 3.63) is 59.5 Å². The Kier molecular flexibility index (Phi) is 4.80. The first-order valence-electron chi connectivity index (χ1n) is 7.06. The van der Waals surface area contributed by atoms with Crippen molar-refractivity contribution in [1.82, 2.24) is 5.32 Å². The lowest BCUT2D eigenvalue weighted by atomic mass is 9.97. The lowest BCUT2D eigenvalue weighted by Crippen LogP contribution is -2.21. The van der Waals surface area contributed by atoms with E-state index in [1.165, 1.54) is 11.1 Å². The number of hydrogen-bond donors (Lipinski definition) is 1. The third-order valence-electron chi connectivity index (χ3n) is 3.16. The molecule has 1 N–H and O–H groups in total. The fourth-order valence-electron chi connectivity index (χ4n) is 2.41. The van der Waals surface area contributed by atoms with Gasteiger partial charge in [0.2, 0.25) is 0 Å². The van der Waals surface area contributed by atoms with Gasteiger partial charge in [-0.05, 0) is 42.1 Å². The molecule has 0 radical (unpaired) electrons. The van der Waals surface area contributed by atoms with Crippen molar-refractivity contribution in [3.63, 3.8) is 0 Å². The Balaban J connectivity index is 2.26. The summed E-state index contributed by atoms with van der Waals surface area (Å²) in [5, 5.41) is 3.49. The molecule has 1 aromatic heterocycles. The fourth-order valence-corrected chi connectivity index (χ4v) is 2.41. The van der Waals surface area contributed by atoms with Gasteiger partial charge in [-0.15, -0.1) is 0 Å². The summed E-state index contributed by atoms with van der Waals surface area (Å²) in [5.41, 5.74) is 2.66. The molecule has 2 heteroatoms. The van der Waals surface area contributed by atoms with E-state index in [0.29, 0.717) is 5.92 Å². The van der Waals surface area contributed by atoms with E-state index in [9.17, 15) is 0 Å².